The lowest BCUT2D eigenvalue weighted by atomic mass is 9.98. The molecule has 28 heavy (non-hydrogen) atoms. The molecule has 0 spiro atoms. The second kappa shape index (κ2) is 9.70. The van der Waals surface area contributed by atoms with Crippen LogP contribution in [0.25, 0.3) is 0 Å². The number of amides is 2. The van der Waals surface area contributed by atoms with E-state index < -0.39 is 0 Å². The first-order valence-corrected chi connectivity index (χ1v) is 9.74. The van der Waals surface area contributed by atoms with Crippen LogP contribution in [-0.4, -0.2) is 27.8 Å². The van der Waals surface area contributed by atoms with E-state index in [1.54, 1.807) is 24.3 Å². The topological polar surface area (TPSA) is 97.1 Å². The average Bonchev–Trinajstić information content (AvgIpc) is 3.19. The molecule has 0 saturated heterocycles. The van der Waals surface area contributed by atoms with E-state index in [0.29, 0.717) is 23.1 Å². The Labute approximate surface area is 166 Å². The Morgan fingerprint density at radius 3 is 2.39 bits per heavy atom. The fourth-order valence-corrected chi connectivity index (χ4v) is 3.07. The van der Waals surface area contributed by atoms with Gasteiger partial charge in [0.05, 0.1) is 5.75 Å². The number of thioether (sulfide) groups is 1. The average molecular weight is 396 g/mol. The van der Waals surface area contributed by atoms with Gasteiger partial charge in [0.15, 0.2) is 0 Å². The maximum atomic E-state index is 11.9. The van der Waals surface area contributed by atoms with Crippen molar-refractivity contribution in [3.8, 4) is 0 Å². The molecule has 8 heteroatoms. The Balaban J connectivity index is 1.42. The third-order valence-electron chi connectivity index (χ3n) is 3.98. The van der Waals surface area contributed by atoms with Crippen LogP contribution in [0.15, 0.2) is 70.3 Å². The van der Waals surface area contributed by atoms with E-state index in [4.69, 9.17) is 4.42 Å². The molecule has 2 amide bonds. The van der Waals surface area contributed by atoms with Crippen molar-refractivity contribution in [2.75, 3.05) is 5.75 Å². The maximum absolute atomic E-state index is 11.9. The highest BCUT2D eigenvalue weighted by Gasteiger charge is 2.14. The van der Waals surface area contributed by atoms with Gasteiger partial charge in [-0.05, 0) is 23.6 Å². The van der Waals surface area contributed by atoms with E-state index in [9.17, 15) is 9.59 Å². The summed E-state index contributed by atoms with van der Waals surface area (Å²) in [4.78, 5) is 23.8. The molecule has 1 atom stereocenters. The molecule has 7 nitrogen and oxygen atoms in total. The summed E-state index contributed by atoms with van der Waals surface area (Å²) in [5.74, 6) is 0.0681. The van der Waals surface area contributed by atoms with Crippen LogP contribution in [0.4, 0.5) is 0 Å². The largest absolute Gasteiger partial charge is 0.416 e. The van der Waals surface area contributed by atoms with Crippen molar-refractivity contribution in [3.63, 3.8) is 0 Å². The van der Waals surface area contributed by atoms with Crippen LogP contribution < -0.4 is 10.9 Å². The van der Waals surface area contributed by atoms with Crippen molar-refractivity contribution in [2.24, 2.45) is 0 Å². The number of aromatic nitrogens is 2. The van der Waals surface area contributed by atoms with Crippen molar-refractivity contribution in [1.82, 2.24) is 21.0 Å². The molecule has 0 aliphatic rings. The molecule has 0 bridgehead atoms. The summed E-state index contributed by atoms with van der Waals surface area (Å²) >= 11 is 1.12. The van der Waals surface area contributed by atoms with Crippen LogP contribution in [0, 0.1) is 0 Å². The summed E-state index contributed by atoms with van der Waals surface area (Å²) in [5, 5.41) is 8.31. The molecule has 0 fully saturated rings. The maximum Gasteiger partial charge on any atom is 0.277 e. The Bertz CT molecular complexity index is 915. The van der Waals surface area contributed by atoms with E-state index in [0.717, 1.165) is 11.8 Å². The lowest BCUT2D eigenvalue weighted by Crippen LogP contribution is -2.42. The Kier molecular flexibility index (Phi) is 6.80. The van der Waals surface area contributed by atoms with E-state index in [2.05, 4.69) is 40.1 Å². The predicted octanol–water partition coefficient (Wildman–Crippen LogP) is 2.97. The second-order valence-electron chi connectivity index (χ2n) is 6.13. The summed E-state index contributed by atoms with van der Waals surface area (Å²) in [5.41, 5.74) is 6.39. The number of nitrogens with one attached hydrogen (secondary N) is 2. The number of carbonyl (C=O) groups excluding carboxylic acids is 2. The molecule has 1 heterocycles. The molecular weight excluding hydrogens is 376 g/mol. The minimum atomic E-state index is -0.381. The molecule has 1 aromatic heterocycles. The van der Waals surface area contributed by atoms with Crippen molar-refractivity contribution >= 4 is 23.6 Å². The minimum Gasteiger partial charge on any atom is -0.416 e. The van der Waals surface area contributed by atoms with Gasteiger partial charge in [0, 0.05) is 12.0 Å². The minimum absolute atomic E-state index is 0.0466. The lowest BCUT2D eigenvalue weighted by Gasteiger charge is -2.08. The van der Waals surface area contributed by atoms with Crippen molar-refractivity contribution in [1.29, 1.82) is 0 Å². The van der Waals surface area contributed by atoms with Crippen LogP contribution in [0.2, 0.25) is 0 Å². The number of hydrogen-bond donors (Lipinski definition) is 2. The monoisotopic (exact) mass is 396 g/mol. The van der Waals surface area contributed by atoms with E-state index >= 15 is 0 Å². The zero-order valence-corrected chi connectivity index (χ0v) is 16.1. The number of benzene rings is 2. The van der Waals surface area contributed by atoms with Crippen molar-refractivity contribution in [2.45, 2.75) is 24.5 Å². The molecule has 2 aromatic carbocycles. The molecule has 0 aliphatic heterocycles. The fraction of sp³-hybridized carbons (Fsp3) is 0.200. The smallest absolute Gasteiger partial charge is 0.277 e. The Morgan fingerprint density at radius 2 is 1.68 bits per heavy atom. The zero-order valence-electron chi connectivity index (χ0n) is 15.3. The normalized spacial score (nSPS) is 11.6. The van der Waals surface area contributed by atoms with Crippen molar-refractivity contribution in [3.05, 3.63) is 77.7 Å². The van der Waals surface area contributed by atoms with Gasteiger partial charge in [0.1, 0.15) is 0 Å². The van der Waals surface area contributed by atoms with Crippen LogP contribution in [0.5, 0.6) is 0 Å². The highest BCUT2D eigenvalue weighted by atomic mass is 32.2. The number of carbonyl (C=O) groups is 2. The van der Waals surface area contributed by atoms with Crippen LogP contribution in [0.3, 0.4) is 0 Å². The SMILES string of the molecule is CC(Cc1nnc(SCC(=O)NNC(=O)c2ccccc2)o1)c1ccccc1. The molecule has 0 saturated carbocycles. The van der Waals surface area contributed by atoms with Crippen LogP contribution >= 0.6 is 11.8 Å². The van der Waals surface area contributed by atoms with Gasteiger partial charge in [0.25, 0.3) is 11.1 Å². The summed E-state index contributed by atoms with van der Waals surface area (Å²) in [7, 11) is 0. The molecule has 3 aromatic rings. The standard InChI is InChI=1S/C20H20N4O3S/c1-14(15-8-4-2-5-9-15)12-18-22-24-20(27-18)28-13-17(25)21-23-19(26)16-10-6-3-7-11-16/h2-11,14H,12-13H2,1H3,(H,21,25)(H,23,26). The molecule has 2 N–H and O–H groups in total. The number of hydrogen-bond acceptors (Lipinski definition) is 6. The predicted molar refractivity (Wildman–Crippen MR) is 106 cm³/mol. The number of hydrazine groups is 1. The van der Waals surface area contributed by atoms with E-state index in [1.165, 1.54) is 5.56 Å². The summed E-state index contributed by atoms with van der Waals surface area (Å²) < 4.78 is 5.59. The van der Waals surface area contributed by atoms with Gasteiger partial charge in [-0.2, -0.15) is 0 Å². The Morgan fingerprint density at radius 1 is 1.00 bits per heavy atom. The van der Waals surface area contributed by atoms with Gasteiger partial charge in [-0.15, -0.1) is 10.2 Å². The molecular formula is C20H20N4O3S. The highest BCUT2D eigenvalue weighted by molar-refractivity contribution is 7.99. The number of rotatable bonds is 7. The van der Waals surface area contributed by atoms with E-state index in [-0.39, 0.29) is 23.5 Å². The van der Waals surface area contributed by atoms with Gasteiger partial charge in [-0.25, -0.2) is 0 Å². The lowest BCUT2D eigenvalue weighted by molar-refractivity contribution is -0.119. The number of nitrogens with zero attached hydrogens (tertiary/aromatic N) is 2. The fourth-order valence-electron chi connectivity index (χ4n) is 2.49. The van der Waals surface area contributed by atoms with Gasteiger partial charge in [-0.1, -0.05) is 67.2 Å². The quantitative estimate of drug-likeness (QED) is 0.471. The van der Waals surface area contributed by atoms with Gasteiger partial charge in [-0.3, -0.25) is 20.4 Å². The molecule has 1 unspecified atom stereocenters. The third-order valence-corrected chi connectivity index (χ3v) is 4.79. The second-order valence-corrected chi connectivity index (χ2v) is 7.06. The van der Waals surface area contributed by atoms with Gasteiger partial charge in [0.2, 0.25) is 11.8 Å². The summed E-state index contributed by atoms with van der Waals surface area (Å²) in [6.07, 6.45) is 0.622. The van der Waals surface area contributed by atoms with Crippen LogP contribution in [-0.2, 0) is 11.2 Å². The first kappa shape index (κ1) is 19.6. The summed E-state index contributed by atoms with van der Waals surface area (Å²) in [6.45, 7) is 2.09. The first-order chi connectivity index (χ1) is 13.6. The van der Waals surface area contributed by atoms with E-state index in [1.807, 2.05) is 24.3 Å². The first-order valence-electron chi connectivity index (χ1n) is 8.76. The Hall–Kier alpha value is -3.13. The highest BCUT2D eigenvalue weighted by Crippen LogP contribution is 2.22. The van der Waals surface area contributed by atoms with Crippen LogP contribution in [0.1, 0.15) is 34.7 Å². The molecule has 3 rings (SSSR count). The van der Waals surface area contributed by atoms with Gasteiger partial charge < -0.3 is 4.42 Å². The summed E-state index contributed by atoms with van der Waals surface area (Å²) in [6, 6.07) is 18.7. The molecule has 144 valence electrons. The third kappa shape index (κ3) is 5.68. The van der Waals surface area contributed by atoms with Crippen molar-refractivity contribution < 1.29 is 14.0 Å². The zero-order chi connectivity index (χ0) is 19.8. The molecule has 0 radical (unpaired) electrons. The van der Waals surface area contributed by atoms with Gasteiger partial charge >= 0.3 is 0 Å². The molecule has 0 aliphatic carbocycles.